The van der Waals surface area contributed by atoms with Crippen LogP contribution in [0.25, 0.3) is 0 Å². The Balaban J connectivity index is 0.000000161. The highest BCUT2D eigenvalue weighted by atomic mass is 79.9. The normalized spacial score (nSPS) is 28.2. The van der Waals surface area contributed by atoms with E-state index >= 15 is 0 Å². The van der Waals surface area contributed by atoms with Gasteiger partial charge in [-0.1, -0.05) is 0 Å². The van der Waals surface area contributed by atoms with Crippen molar-refractivity contribution in [1.82, 2.24) is 30.0 Å². The van der Waals surface area contributed by atoms with Gasteiger partial charge in [-0.3, -0.25) is 14.0 Å². The topological polar surface area (TPSA) is 159 Å². The second kappa shape index (κ2) is 16.2. The molecule has 61 heavy (non-hydrogen) atoms. The number of carbonyl (C=O) groups excluding carboxylic acids is 2. The molecule has 2 atom stereocenters. The summed E-state index contributed by atoms with van der Waals surface area (Å²) < 4.78 is 82.1. The second-order valence-corrected chi connectivity index (χ2v) is 17.3. The van der Waals surface area contributed by atoms with Gasteiger partial charge in [0.25, 0.3) is 0 Å². The smallest absolute Gasteiger partial charge is 0.249 e. The van der Waals surface area contributed by atoms with Crippen LogP contribution in [0.5, 0.6) is 11.8 Å². The van der Waals surface area contributed by atoms with E-state index < -0.39 is 53.3 Å². The Hall–Kier alpha value is -5.90. The zero-order chi connectivity index (χ0) is 43.9. The molecule has 6 saturated carbocycles. The van der Waals surface area contributed by atoms with E-state index in [9.17, 15) is 31.5 Å². The monoisotopic (exact) mass is 906 g/mol. The third-order valence-electron chi connectivity index (χ3n) is 12.2. The fourth-order valence-electron chi connectivity index (χ4n) is 9.88. The summed E-state index contributed by atoms with van der Waals surface area (Å²) in [5.74, 6) is -2.01. The summed E-state index contributed by atoms with van der Waals surface area (Å²) in [6.07, 6.45) is 11.0. The Bertz CT molecular complexity index is 2430. The second-order valence-electron chi connectivity index (χ2n) is 16.5. The maximum Gasteiger partial charge on any atom is 0.249 e. The fraction of sp³-hybridized carbons (Fsp3) is 0.405. The maximum absolute atomic E-state index is 13.6. The van der Waals surface area contributed by atoms with Crippen molar-refractivity contribution >= 4 is 40.2 Å². The summed E-state index contributed by atoms with van der Waals surface area (Å²) in [5.41, 5.74) is 0.0253. The van der Waals surface area contributed by atoms with Crippen molar-refractivity contribution in [1.29, 1.82) is 5.26 Å². The van der Waals surface area contributed by atoms with E-state index in [1.54, 1.807) is 18.5 Å². The van der Waals surface area contributed by atoms with Gasteiger partial charge in [0.05, 0.1) is 44.7 Å². The Labute approximate surface area is 356 Å². The Morgan fingerprint density at radius 1 is 0.721 bits per heavy atom. The molecule has 0 radical (unpaired) electrons. The van der Waals surface area contributed by atoms with Crippen LogP contribution in [0.4, 0.5) is 22.0 Å². The molecule has 2 aliphatic heterocycles. The van der Waals surface area contributed by atoms with Gasteiger partial charge in [0.15, 0.2) is 0 Å². The molecule has 4 heterocycles. The van der Waals surface area contributed by atoms with Crippen molar-refractivity contribution in [2.24, 2.45) is 31.9 Å². The highest BCUT2D eigenvalue weighted by molar-refractivity contribution is 9.10. The molecule has 0 spiro atoms. The number of hydrogen-bond donors (Lipinski definition) is 0. The van der Waals surface area contributed by atoms with Crippen LogP contribution in [0, 0.1) is 56.3 Å². The van der Waals surface area contributed by atoms with Crippen LogP contribution < -0.4 is 9.47 Å². The molecule has 2 aromatic carbocycles. The molecule has 19 heteroatoms. The number of hydrogen-bond acceptors (Lipinski definition) is 11. The van der Waals surface area contributed by atoms with E-state index in [4.69, 9.17) is 16.1 Å². The minimum absolute atomic E-state index is 0.0169. The molecule has 0 saturated heterocycles. The van der Waals surface area contributed by atoms with Crippen LogP contribution >= 0.6 is 15.9 Å². The summed E-state index contributed by atoms with van der Waals surface area (Å²) in [4.78, 5) is 42.2. The van der Waals surface area contributed by atoms with Crippen LogP contribution in [0.1, 0.15) is 81.6 Å². The summed E-state index contributed by atoms with van der Waals surface area (Å²) in [6.45, 7) is 0.902. The number of ether oxygens (including phenoxy) is 2. The molecule has 4 aromatic rings. The van der Waals surface area contributed by atoms with E-state index in [0.29, 0.717) is 72.8 Å². The van der Waals surface area contributed by atoms with Gasteiger partial charge in [0, 0.05) is 60.4 Å². The lowest BCUT2D eigenvalue weighted by molar-refractivity contribution is -0.227. The van der Waals surface area contributed by atoms with Gasteiger partial charge in [0.2, 0.25) is 23.6 Å². The first-order valence-corrected chi connectivity index (χ1v) is 20.0. The highest BCUT2D eigenvalue weighted by Gasteiger charge is 2.74. The maximum atomic E-state index is 13.6. The molecule has 2 amide bonds. The number of nitriles is 1. The first kappa shape index (κ1) is 40.5. The lowest BCUT2D eigenvalue weighted by Gasteiger charge is -2.69. The molecule has 12 rings (SSSR count). The fourth-order valence-corrected chi connectivity index (χ4v) is 10.2. The van der Waals surface area contributed by atoms with Crippen LogP contribution in [0.15, 0.2) is 76.0 Å². The van der Waals surface area contributed by atoms with Gasteiger partial charge in [-0.2, -0.15) is 15.5 Å². The molecule has 0 N–H and O–H groups in total. The van der Waals surface area contributed by atoms with Crippen molar-refractivity contribution in [3.05, 3.63) is 106 Å². The summed E-state index contributed by atoms with van der Waals surface area (Å²) in [7, 11) is -1.00. The van der Waals surface area contributed by atoms with Crippen LogP contribution in [0.3, 0.4) is 0 Å². The van der Waals surface area contributed by atoms with E-state index in [1.165, 1.54) is 53.0 Å². The first-order chi connectivity index (χ1) is 29.7. The minimum Gasteiger partial charge on any atom is -0.477 e. The third-order valence-corrected chi connectivity index (χ3v) is 12.7. The minimum atomic E-state index is -1.00. The average Bonchev–Trinajstić information content (AvgIpc) is 3.87. The Morgan fingerprint density at radius 3 is 1.54 bits per heavy atom. The number of aromatic nitrogens is 4. The number of carbonyl (C=O) groups is 2. The summed E-state index contributed by atoms with van der Waals surface area (Å²) in [5, 5.41) is 20.1. The van der Waals surface area contributed by atoms with Crippen molar-refractivity contribution in [3.8, 4) is 17.8 Å². The summed E-state index contributed by atoms with van der Waals surface area (Å²) >= 11 is 3.28. The number of alkyl halides is 1. The standard InChI is InChI=1S/C21H17F2N5O2.C20H17BrF2N4O2.CH3F/c22-14-3-13(4-15(23)5-14)17-1-2-27-28(17)19(29)21-8-20(9-21,10-21)11-30-18-6-16(7-24)25-12-26-18;21-16-6-17(25-11-24-16)29-10-19-7-20(8-19,9-19)18(28)27-15(1-2-26-27)12-3-13(22)5-14(23)4-12;1-2/h2-6,12,17H,1,8-11H2;2-6,11,15H,1,7-10H2;1H3/i;;1D. The molecule has 6 fully saturated rings. The lowest BCUT2D eigenvalue weighted by Crippen LogP contribution is -2.69. The number of amides is 2. The highest BCUT2D eigenvalue weighted by Crippen LogP contribution is 2.75. The van der Waals surface area contributed by atoms with Crippen molar-refractivity contribution in [2.75, 3.05) is 20.4 Å². The number of nitrogens with zero attached hydrogens (tertiary/aromatic N) is 9. The summed E-state index contributed by atoms with van der Waals surface area (Å²) in [6, 6.07) is 10.8. The lowest BCUT2D eigenvalue weighted by atomic mass is 9.35. The van der Waals surface area contributed by atoms with Crippen LogP contribution in [-0.2, 0) is 9.59 Å². The largest absolute Gasteiger partial charge is 0.477 e. The molecule has 13 nitrogen and oxygen atoms in total. The molecule has 2 unspecified atom stereocenters. The molecular weight excluding hydrogens is 869 g/mol. The quantitative estimate of drug-likeness (QED) is 0.115. The van der Waals surface area contributed by atoms with Gasteiger partial charge in [0.1, 0.15) is 52.3 Å². The van der Waals surface area contributed by atoms with Crippen LogP contribution in [0.2, 0.25) is 0 Å². The predicted octanol–water partition coefficient (Wildman–Crippen LogP) is 7.75. The van der Waals surface area contributed by atoms with Crippen LogP contribution in [-0.4, -0.2) is 74.6 Å². The van der Waals surface area contributed by atoms with Gasteiger partial charge in [-0.05, 0) is 89.8 Å². The molecule has 2 aromatic heterocycles. The number of halogens is 6. The molecule has 6 aliphatic carbocycles. The van der Waals surface area contributed by atoms with E-state index in [0.717, 1.165) is 31.4 Å². The molecule has 4 bridgehead atoms. The third kappa shape index (κ3) is 7.93. The number of benzene rings is 2. The number of rotatable bonds is 10. The number of hydrazone groups is 2. The van der Waals surface area contributed by atoms with Gasteiger partial charge < -0.3 is 9.47 Å². The van der Waals surface area contributed by atoms with Gasteiger partial charge in [-0.15, -0.1) is 0 Å². The molecule has 316 valence electrons. The van der Waals surface area contributed by atoms with E-state index in [-0.39, 0.29) is 28.3 Å². The SMILES string of the molecule is N#Cc1cc(OCC23CC(C(=O)N4N=CCC4c4cc(F)cc(F)c4)(C2)C3)ncn1.O=C(N1N=CCC1c1cc(F)cc(F)c1)C12CC(COc3cc(Br)ncn3)(C1)C2.[2H]CF. The first-order valence-electron chi connectivity index (χ1n) is 19.9. The van der Waals surface area contributed by atoms with Crippen molar-refractivity contribution < 1.29 is 42.4 Å². The van der Waals surface area contributed by atoms with Crippen molar-refractivity contribution in [3.63, 3.8) is 0 Å². The van der Waals surface area contributed by atoms with E-state index in [1.807, 2.05) is 6.07 Å². The Kier molecular flexibility index (Phi) is 10.7. The zero-order valence-electron chi connectivity index (χ0n) is 33.3. The molecular formula is C42H37BrF5N9O4. The van der Waals surface area contributed by atoms with Gasteiger partial charge >= 0.3 is 0 Å². The zero-order valence-corrected chi connectivity index (χ0v) is 33.9. The average molecular weight is 908 g/mol. The van der Waals surface area contributed by atoms with E-state index in [2.05, 4.69) is 46.1 Å². The van der Waals surface area contributed by atoms with Crippen molar-refractivity contribution in [2.45, 2.75) is 63.5 Å². The Morgan fingerprint density at radius 2 is 1.13 bits per heavy atom. The van der Waals surface area contributed by atoms with Gasteiger partial charge in [-0.25, -0.2) is 47.5 Å². The molecule has 8 aliphatic rings. The predicted molar refractivity (Wildman–Crippen MR) is 210 cm³/mol.